The molecule has 0 spiro atoms. The van der Waals surface area contributed by atoms with Crippen molar-refractivity contribution in [3.8, 4) is 0 Å². The van der Waals surface area contributed by atoms with Crippen molar-refractivity contribution >= 4 is 15.9 Å². The first-order valence-corrected chi connectivity index (χ1v) is 8.43. The number of amides is 1. The molecule has 2 aromatic rings. The molecule has 1 heterocycles. The Morgan fingerprint density at radius 1 is 1.36 bits per heavy atom. The quantitative estimate of drug-likeness (QED) is 0.799. The predicted molar refractivity (Wildman–Crippen MR) is 82.1 cm³/mol. The number of carbonyl (C=O) groups is 1. The summed E-state index contributed by atoms with van der Waals surface area (Å²) in [5.74, 6) is -0.590. The third-order valence-corrected chi connectivity index (χ3v) is 4.98. The van der Waals surface area contributed by atoms with Crippen LogP contribution < -0.4 is 5.32 Å². The molecule has 0 aliphatic heterocycles. The van der Waals surface area contributed by atoms with Crippen molar-refractivity contribution in [2.75, 3.05) is 13.6 Å². The highest BCUT2D eigenvalue weighted by Gasteiger charge is 2.28. The van der Waals surface area contributed by atoms with Gasteiger partial charge in [-0.3, -0.25) is 4.79 Å². The lowest BCUT2D eigenvalue weighted by molar-refractivity contribution is -0.123. The minimum atomic E-state index is -4.55. The molecule has 0 radical (unpaired) electrons. The van der Waals surface area contributed by atoms with E-state index in [4.69, 9.17) is 0 Å². The zero-order valence-electron chi connectivity index (χ0n) is 13.0. The first kappa shape index (κ1) is 18.9. The van der Waals surface area contributed by atoms with Crippen LogP contribution in [0.15, 0.2) is 41.6 Å². The number of sulfonamides is 1. The van der Waals surface area contributed by atoms with Crippen molar-refractivity contribution in [3.63, 3.8) is 0 Å². The molecule has 0 fully saturated rings. The lowest BCUT2D eigenvalue weighted by Crippen LogP contribution is -2.34. The Morgan fingerprint density at radius 2 is 2.08 bits per heavy atom. The SMILES string of the molecule is CN(Cc1ncc[nH]1)S(=O)(=O)c1cccc(C(=O)NCC(F)(F)F)c1. The lowest BCUT2D eigenvalue weighted by atomic mass is 10.2. The highest BCUT2D eigenvalue weighted by atomic mass is 32.2. The molecule has 0 unspecified atom stereocenters. The Labute approximate surface area is 141 Å². The normalized spacial score (nSPS) is 12.4. The zero-order chi connectivity index (χ0) is 18.7. The van der Waals surface area contributed by atoms with E-state index < -0.39 is 28.7 Å². The number of halogens is 3. The number of benzene rings is 1. The number of rotatable bonds is 6. The molecule has 7 nitrogen and oxygen atoms in total. The molecule has 0 bridgehead atoms. The number of H-pyrrole nitrogens is 1. The van der Waals surface area contributed by atoms with Crippen LogP contribution in [0.2, 0.25) is 0 Å². The van der Waals surface area contributed by atoms with E-state index in [9.17, 15) is 26.4 Å². The van der Waals surface area contributed by atoms with E-state index in [0.29, 0.717) is 5.82 Å². The summed E-state index contributed by atoms with van der Waals surface area (Å²) in [5, 5.41) is 1.70. The van der Waals surface area contributed by atoms with Crippen LogP contribution in [-0.2, 0) is 16.6 Å². The molecule has 25 heavy (non-hydrogen) atoms. The van der Waals surface area contributed by atoms with Crippen molar-refractivity contribution in [1.29, 1.82) is 0 Å². The third kappa shape index (κ3) is 5.03. The Kier molecular flexibility index (Phi) is 5.48. The summed E-state index contributed by atoms with van der Waals surface area (Å²) >= 11 is 0. The van der Waals surface area contributed by atoms with Crippen LogP contribution in [0.5, 0.6) is 0 Å². The van der Waals surface area contributed by atoms with Crippen molar-refractivity contribution in [2.24, 2.45) is 0 Å². The smallest absolute Gasteiger partial charge is 0.347 e. The highest BCUT2D eigenvalue weighted by molar-refractivity contribution is 7.89. The Hall–Kier alpha value is -2.40. The van der Waals surface area contributed by atoms with Gasteiger partial charge >= 0.3 is 6.18 Å². The maximum absolute atomic E-state index is 12.5. The van der Waals surface area contributed by atoms with Crippen molar-refractivity contribution in [2.45, 2.75) is 17.6 Å². The monoisotopic (exact) mass is 376 g/mol. The molecule has 2 N–H and O–H groups in total. The molecule has 0 atom stereocenters. The largest absolute Gasteiger partial charge is 0.405 e. The van der Waals surface area contributed by atoms with Crippen LogP contribution in [0.4, 0.5) is 13.2 Å². The molecule has 11 heteroatoms. The predicted octanol–water partition coefficient (Wildman–Crippen LogP) is 1.52. The Morgan fingerprint density at radius 3 is 2.68 bits per heavy atom. The van der Waals surface area contributed by atoms with Crippen LogP contribution in [0.3, 0.4) is 0 Å². The molecule has 136 valence electrons. The second kappa shape index (κ2) is 7.23. The minimum absolute atomic E-state index is 0.0279. The number of hydrogen-bond acceptors (Lipinski definition) is 4. The van der Waals surface area contributed by atoms with Gasteiger partial charge in [0, 0.05) is 25.0 Å². The maximum atomic E-state index is 12.5. The van der Waals surface area contributed by atoms with Gasteiger partial charge in [-0.05, 0) is 18.2 Å². The molecule has 0 aliphatic rings. The average molecular weight is 376 g/mol. The maximum Gasteiger partial charge on any atom is 0.405 e. The topological polar surface area (TPSA) is 95.2 Å². The second-order valence-electron chi connectivity index (χ2n) is 5.12. The fraction of sp³-hybridized carbons (Fsp3) is 0.286. The number of nitrogens with zero attached hydrogens (tertiary/aromatic N) is 2. The van der Waals surface area contributed by atoms with Crippen LogP contribution >= 0.6 is 0 Å². The number of nitrogens with one attached hydrogen (secondary N) is 2. The van der Waals surface area contributed by atoms with Gasteiger partial charge in [-0.1, -0.05) is 6.07 Å². The van der Waals surface area contributed by atoms with Gasteiger partial charge in [0.05, 0.1) is 11.4 Å². The average Bonchev–Trinajstić information content (AvgIpc) is 3.05. The number of hydrogen-bond donors (Lipinski definition) is 2. The molecule has 0 saturated heterocycles. The van der Waals surface area contributed by atoms with Gasteiger partial charge in [0.15, 0.2) is 0 Å². The summed E-state index contributed by atoms with van der Waals surface area (Å²) in [5.41, 5.74) is -0.184. The number of carbonyl (C=O) groups excluding carboxylic acids is 1. The summed E-state index contributed by atoms with van der Waals surface area (Å²) in [6, 6.07) is 4.81. The minimum Gasteiger partial charge on any atom is -0.347 e. The Balaban J connectivity index is 2.17. The van der Waals surface area contributed by atoms with Gasteiger partial charge in [-0.25, -0.2) is 13.4 Å². The molecule has 1 amide bonds. The molecular weight excluding hydrogens is 361 g/mol. The number of imidazole rings is 1. The summed E-state index contributed by atoms with van der Waals surface area (Å²) in [6.45, 7) is -1.53. The fourth-order valence-electron chi connectivity index (χ4n) is 1.94. The molecule has 1 aromatic heterocycles. The van der Waals surface area contributed by atoms with Crippen molar-refractivity contribution in [1.82, 2.24) is 19.6 Å². The van der Waals surface area contributed by atoms with Crippen molar-refractivity contribution in [3.05, 3.63) is 48.0 Å². The van der Waals surface area contributed by atoms with Gasteiger partial charge < -0.3 is 10.3 Å². The van der Waals surface area contributed by atoms with Gasteiger partial charge in [-0.15, -0.1) is 0 Å². The van der Waals surface area contributed by atoms with Crippen LogP contribution in [0.25, 0.3) is 0 Å². The van der Waals surface area contributed by atoms with Crippen LogP contribution in [0.1, 0.15) is 16.2 Å². The standard InChI is InChI=1S/C14H15F3N4O3S/c1-21(8-12-18-5-6-19-12)25(23,24)11-4-2-3-10(7-11)13(22)20-9-14(15,16)17/h2-7H,8-9H2,1H3,(H,18,19)(H,20,22). The zero-order valence-corrected chi connectivity index (χ0v) is 13.9. The van der Waals surface area contributed by atoms with Crippen LogP contribution in [-0.4, -0.2) is 48.4 Å². The summed E-state index contributed by atoms with van der Waals surface area (Å²) < 4.78 is 62.5. The van der Waals surface area contributed by atoms with Gasteiger partial charge in [0.2, 0.25) is 10.0 Å². The first-order valence-electron chi connectivity index (χ1n) is 6.99. The number of aromatic nitrogens is 2. The van der Waals surface area contributed by atoms with E-state index in [-0.39, 0.29) is 17.0 Å². The molecule has 2 rings (SSSR count). The molecule has 1 aromatic carbocycles. The summed E-state index contributed by atoms with van der Waals surface area (Å²) in [6.07, 6.45) is -1.54. The molecular formula is C14H15F3N4O3S. The molecule has 0 saturated carbocycles. The lowest BCUT2D eigenvalue weighted by Gasteiger charge is -2.16. The van der Waals surface area contributed by atoms with E-state index in [2.05, 4.69) is 9.97 Å². The first-order chi connectivity index (χ1) is 11.6. The van der Waals surface area contributed by atoms with E-state index in [1.165, 1.54) is 31.4 Å². The van der Waals surface area contributed by atoms with E-state index in [1.807, 2.05) is 0 Å². The number of aromatic amines is 1. The fourth-order valence-corrected chi connectivity index (χ4v) is 3.12. The van der Waals surface area contributed by atoms with E-state index >= 15 is 0 Å². The third-order valence-electron chi connectivity index (χ3n) is 3.18. The highest BCUT2D eigenvalue weighted by Crippen LogP contribution is 2.18. The summed E-state index contributed by atoms with van der Waals surface area (Å²) in [7, 11) is -2.62. The van der Waals surface area contributed by atoms with Crippen LogP contribution in [0, 0.1) is 0 Å². The summed E-state index contributed by atoms with van der Waals surface area (Å²) in [4.78, 5) is 18.2. The van der Waals surface area contributed by atoms with E-state index in [0.717, 1.165) is 10.4 Å². The van der Waals surface area contributed by atoms with Crippen molar-refractivity contribution < 1.29 is 26.4 Å². The van der Waals surface area contributed by atoms with Gasteiger partial charge in [-0.2, -0.15) is 17.5 Å². The van der Waals surface area contributed by atoms with Gasteiger partial charge in [0.25, 0.3) is 5.91 Å². The number of alkyl halides is 3. The molecule has 0 aliphatic carbocycles. The van der Waals surface area contributed by atoms with E-state index in [1.54, 1.807) is 11.5 Å². The second-order valence-corrected chi connectivity index (χ2v) is 7.17. The van der Waals surface area contributed by atoms with Gasteiger partial charge in [0.1, 0.15) is 12.4 Å². The Bertz CT molecular complexity index is 835.